The first-order chi connectivity index (χ1) is 15.0. The number of rotatable bonds is 8. The Hall–Kier alpha value is -2.66. The van der Waals surface area contributed by atoms with Gasteiger partial charge in [0.1, 0.15) is 12.4 Å². The number of anilines is 2. The summed E-state index contributed by atoms with van der Waals surface area (Å²) in [5.74, 6) is 1.92. The maximum atomic E-state index is 5.85. The summed E-state index contributed by atoms with van der Waals surface area (Å²) in [5, 5.41) is 6.79. The van der Waals surface area contributed by atoms with E-state index in [1.165, 1.54) is 31.5 Å². The first-order valence-electron chi connectivity index (χ1n) is 11.3. The average Bonchev–Trinajstić information content (AvgIpc) is 2.76. The number of fused-ring (bicyclic) bond motifs is 1. The molecule has 3 rings (SSSR count). The lowest BCUT2D eigenvalue weighted by atomic mass is 9.83. The van der Waals surface area contributed by atoms with Gasteiger partial charge in [0.05, 0.1) is 12.2 Å². The number of likely N-dealkylation sites (N-methyl/N-ethyl adjacent to an activating group) is 1. The molecular weight excluding hydrogens is 384 g/mol. The van der Waals surface area contributed by atoms with Gasteiger partial charge in [-0.2, -0.15) is 0 Å². The molecule has 0 aromatic heterocycles. The predicted molar refractivity (Wildman–Crippen MR) is 133 cm³/mol. The highest BCUT2D eigenvalue weighted by molar-refractivity contribution is 5.67. The Morgan fingerprint density at radius 1 is 1.23 bits per heavy atom. The lowest BCUT2D eigenvalue weighted by Gasteiger charge is -2.32. The fraction of sp³-hybridized carbons (Fsp3) is 0.462. The predicted octanol–water partition coefficient (Wildman–Crippen LogP) is 4.63. The minimum absolute atomic E-state index is 0.358. The average molecular weight is 423 g/mol. The van der Waals surface area contributed by atoms with Gasteiger partial charge >= 0.3 is 0 Å². The topological polar surface area (TPSA) is 39.8 Å². The van der Waals surface area contributed by atoms with Crippen LogP contribution in [0.3, 0.4) is 0 Å². The molecule has 5 heteroatoms. The maximum Gasteiger partial charge on any atom is 0.144 e. The maximum absolute atomic E-state index is 5.85. The van der Waals surface area contributed by atoms with Crippen LogP contribution in [0.4, 0.5) is 11.4 Å². The second-order valence-electron chi connectivity index (χ2n) is 8.59. The third-order valence-corrected chi connectivity index (χ3v) is 6.23. The molecule has 31 heavy (non-hydrogen) atoms. The van der Waals surface area contributed by atoms with Crippen molar-refractivity contribution in [3.05, 3.63) is 66.6 Å². The minimum atomic E-state index is 0.358. The van der Waals surface area contributed by atoms with Crippen LogP contribution in [-0.2, 0) is 0 Å². The summed E-state index contributed by atoms with van der Waals surface area (Å²) in [5.41, 5.74) is 4.64. The van der Waals surface area contributed by atoms with Gasteiger partial charge in [-0.1, -0.05) is 25.7 Å². The van der Waals surface area contributed by atoms with Gasteiger partial charge in [-0.05, 0) is 80.9 Å². The number of allylic oxidation sites excluding steroid dienone is 5. The Kier molecular flexibility index (Phi) is 8.24. The van der Waals surface area contributed by atoms with Crippen LogP contribution >= 0.6 is 0 Å². The molecule has 1 aromatic carbocycles. The third kappa shape index (κ3) is 6.17. The molecule has 5 nitrogen and oxygen atoms in total. The Morgan fingerprint density at radius 3 is 2.71 bits per heavy atom. The van der Waals surface area contributed by atoms with E-state index >= 15 is 0 Å². The molecule has 0 saturated carbocycles. The molecule has 0 bridgehead atoms. The summed E-state index contributed by atoms with van der Waals surface area (Å²) in [6.07, 6.45) is 12.9. The Labute approximate surface area is 188 Å². The Morgan fingerprint density at radius 2 is 2.00 bits per heavy atom. The first-order valence-corrected chi connectivity index (χ1v) is 11.3. The van der Waals surface area contributed by atoms with Gasteiger partial charge in [0.2, 0.25) is 0 Å². The number of benzene rings is 1. The van der Waals surface area contributed by atoms with Gasteiger partial charge in [0.25, 0.3) is 0 Å². The lowest BCUT2D eigenvalue weighted by molar-refractivity contribution is 0.233. The van der Waals surface area contributed by atoms with Crippen LogP contribution in [0.25, 0.3) is 0 Å². The van der Waals surface area contributed by atoms with Crippen LogP contribution < -0.4 is 20.3 Å². The number of hydrogen-bond acceptors (Lipinski definition) is 5. The standard InChI is InChI=1S/C26H38N4O/c1-6-7-22(28-23-10-11-25-26(18-23)31-17-16-30(25)5)9-8-20(2)24(19-27-3)21-12-14-29(4)15-13-21/h6-11,18-21,27-28H,1,12-17H2,2-5H3/b9-8-,22-7+,24-19+. The Balaban J connectivity index is 1.71. The fourth-order valence-electron chi connectivity index (χ4n) is 4.36. The van der Waals surface area contributed by atoms with E-state index in [2.05, 4.69) is 84.6 Å². The van der Waals surface area contributed by atoms with Crippen molar-refractivity contribution in [3.8, 4) is 5.75 Å². The molecule has 1 atom stereocenters. The summed E-state index contributed by atoms with van der Waals surface area (Å²) in [7, 11) is 6.30. The molecule has 2 heterocycles. The number of hydrogen-bond donors (Lipinski definition) is 2. The SMILES string of the molecule is C=C/C=C(\C=C/C(C)/C(=C\NC)C1CCN(C)CC1)Nc1ccc2c(c1)OCCN2C. The van der Waals surface area contributed by atoms with E-state index in [-0.39, 0.29) is 0 Å². The zero-order chi connectivity index (χ0) is 22.2. The number of ether oxygens (including phenoxy) is 1. The molecule has 0 spiro atoms. The summed E-state index contributed by atoms with van der Waals surface area (Å²) in [6.45, 7) is 10.1. The molecule has 1 saturated heterocycles. The van der Waals surface area contributed by atoms with Crippen molar-refractivity contribution in [2.24, 2.45) is 11.8 Å². The van der Waals surface area contributed by atoms with Crippen molar-refractivity contribution >= 4 is 11.4 Å². The molecule has 168 valence electrons. The monoisotopic (exact) mass is 422 g/mol. The second kappa shape index (κ2) is 11.1. The second-order valence-corrected chi connectivity index (χ2v) is 8.59. The molecular formula is C26H38N4O. The van der Waals surface area contributed by atoms with Crippen molar-refractivity contribution in [3.63, 3.8) is 0 Å². The fourth-order valence-corrected chi connectivity index (χ4v) is 4.36. The summed E-state index contributed by atoms with van der Waals surface area (Å²) >= 11 is 0. The van der Waals surface area contributed by atoms with E-state index in [0.717, 1.165) is 36.0 Å². The van der Waals surface area contributed by atoms with Crippen LogP contribution in [0, 0.1) is 11.8 Å². The largest absolute Gasteiger partial charge is 0.489 e. The van der Waals surface area contributed by atoms with E-state index in [1.807, 2.05) is 19.2 Å². The van der Waals surface area contributed by atoms with E-state index in [1.54, 1.807) is 0 Å². The quantitative estimate of drug-likeness (QED) is 0.598. The smallest absolute Gasteiger partial charge is 0.144 e. The Bertz CT molecular complexity index is 834. The number of nitrogens with one attached hydrogen (secondary N) is 2. The molecule has 2 aliphatic rings. The molecule has 1 aromatic rings. The highest BCUT2D eigenvalue weighted by Gasteiger charge is 2.23. The number of piperidine rings is 1. The lowest BCUT2D eigenvalue weighted by Crippen LogP contribution is -2.32. The van der Waals surface area contributed by atoms with Crippen LogP contribution in [0.5, 0.6) is 5.75 Å². The van der Waals surface area contributed by atoms with E-state index < -0.39 is 0 Å². The van der Waals surface area contributed by atoms with Crippen molar-refractivity contribution in [2.75, 3.05) is 57.6 Å². The van der Waals surface area contributed by atoms with Crippen LogP contribution in [0.2, 0.25) is 0 Å². The molecule has 2 N–H and O–H groups in total. The molecule has 2 aliphatic heterocycles. The summed E-state index contributed by atoms with van der Waals surface area (Å²) in [6, 6.07) is 6.29. The van der Waals surface area contributed by atoms with Crippen LogP contribution in [0.15, 0.2) is 66.6 Å². The minimum Gasteiger partial charge on any atom is -0.489 e. The van der Waals surface area contributed by atoms with Crippen molar-refractivity contribution in [1.29, 1.82) is 0 Å². The normalized spacial score (nSPS) is 19.7. The van der Waals surface area contributed by atoms with Gasteiger partial charge in [0.15, 0.2) is 0 Å². The summed E-state index contributed by atoms with van der Waals surface area (Å²) in [4.78, 5) is 4.65. The van der Waals surface area contributed by atoms with Crippen molar-refractivity contribution in [2.45, 2.75) is 19.8 Å². The number of nitrogens with zero attached hydrogens (tertiary/aromatic N) is 2. The first kappa shape index (κ1) is 23.0. The van der Waals surface area contributed by atoms with E-state index in [9.17, 15) is 0 Å². The van der Waals surface area contributed by atoms with E-state index in [4.69, 9.17) is 4.74 Å². The highest BCUT2D eigenvalue weighted by Crippen LogP contribution is 2.34. The molecule has 1 unspecified atom stereocenters. The van der Waals surface area contributed by atoms with Gasteiger partial charge in [0, 0.05) is 31.5 Å². The van der Waals surface area contributed by atoms with Crippen molar-refractivity contribution in [1.82, 2.24) is 10.2 Å². The summed E-state index contributed by atoms with van der Waals surface area (Å²) < 4.78 is 5.85. The van der Waals surface area contributed by atoms with Crippen LogP contribution in [-0.4, -0.2) is 52.3 Å². The molecule has 0 radical (unpaired) electrons. The zero-order valence-corrected chi connectivity index (χ0v) is 19.5. The third-order valence-electron chi connectivity index (χ3n) is 6.23. The van der Waals surface area contributed by atoms with Gasteiger partial charge in [-0.25, -0.2) is 0 Å². The number of likely N-dealkylation sites (tertiary alicyclic amines) is 1. The molecule has 0 aliphatic carbocycles. The van der Waals surface area contributed by atoms with Gasteiger partial charge in [-0.3, -0.25) is 0 Å². The highest BCUT2D eigenvalue weighted by atomic mass is 16.5. The van der Waals surface area contributed by atoms with Gasteiger partial charge in [-0.15, -0.1) is 0 Å². The molecule has 0 amide bonds. The molecule has 1 fully saturated rings. The van der Waals surface area contributed by atoms with E-state index in [0.29, 0.717) is 11.8 Å². The zero-order valence-electron chi connectivity index (χ0n) is 19.5. The van der Waals surface area contributed by atoms with Crippen molar-refractivity contribution < 1.29 is 4.74 Å². The van der Waals surface area contributed by atoms with Gasteiger partial charge < -0.3 is 25.2 Å². The van der Waals surface area contributed by atoms with Crippen LogP contribution in [0.1, 0.15) is 19.8 Å².